The Bertz CT molecular complexity index is 292. The molecule has 18 heavy (non-hydrogen) atoms. The summed E-state index contributed by atoms with van der Waals surface area (Å²) in [6.07, 6.45) is 0.274. The predicted octanol–water partition coefficient (Wildman–Crippen LogP) is -0.309. The molecule has 0 aromatic carbocycles. The molecule has 106 valence electrons. The second kappa shape index (κ2) is 5.39. The van der Waals surface area contributed by atoms with Crippen LogP contribution in [0.3, 0.4) is 0 Å². The van der Waals surface area contributed by atoms with E-state index < -0.39 is 13.7 Å². The normalized spacial score (nSPS) is 32.5. The molecule has 2 bridgehead atoms. The zero-order valence-electron chi connectivity index (χ0n) is 11.6. The van der Waals surface area contributed by atoms with Crippen LogP contribution in [0.5, 0.6) is 0 Å². The molecule has 3 heterocycles. The maximum absolute atomic E-state index is 11.3. The third-order valence-corrected chi connectivity index (χ3v) is 9.59. The van der Waals surface area contributed by atoms with Gasteiger partial charge in [-0.05, 0) is 0 Å². The molecule has 6 nitrogen and oxygen atoms in total. The first-order valence-corrected chi connectivity index (χ1v) is 8.59. The van der Waals surface area contributed by atoms with Crippen LogP contribution in [0.25, 0.3) is 0 Å². The molecule has 0 atom stereocenters. The van der Waals surface area contributed by atoms with Gasteiger partial charge in [0.25, 0.3) is 0 Å². The fraction of sp³-hybridized carbons (Fsp3) is 0.909. The summed E-state index contributed by atoms with van der Waals surface area (Å²) in [5.74, 6) is -0.676. The number of hydrogen-bond acceptors (Lipinski definition) is 5. The molecule has 1 N–H and O–H groups in total. The van der Waals surface area contributed by atoms with Crippen LogP contribution >= 0.6 is 7.71 Å². The van der Waals surface area contributed by atoms with Gasteiger partial charge in [0.2, 0.25) is 0 Å². The van der Waals surface area contributed by atoms with Gasteiger partial charge in [-0.15, -0.1) is 0 Å². The van der Waals surface area contributed by atoms with Gasteiger partial charge in [0, 0.05) is 0 Å². The SMILES string of the molecule is CN1CCN2CCN(C)[PH]1(CC(=O)O)N(C)CC2. The molecular weight excluding hydrogens is 251 g/mol. The summed E-state index contributed by atoms with van der Waals surface area (Å²) in [7, 11) is 4.06. The maximum atomic E-state index is 11.3. The van der Waals surface area contributed by atoms with Crippen molar-refractivity contribution in [1.82, 2.24) is 18.9 Å². The van der Waals surface area contributed by atoms with E-state index in [4.69, 9.17) is 0 Å². The molecule has 3 rings (SSSR count). The first kappa shape index (κ1) is 14.2. The molecule has 3 fully saturated rings. The molecule has 0 unspecified atom stereocenters. The van der Waals surface area contributed by atoms with Gasteiger partial charge in [-0.3, -0.25) is 0 Å². The summed E-state index contributed by atoms with van der Waals surface area (Å²) in [5, 5.41) is 9.33. The summed E-state index contributed by atoms with van der Waals surface area (Å²) in [5.41, 5.74) is 0. The van der Waals surface area contributed by atoms with Crippen LogP contribution in [-0.2, 0) is 4.79 Å². The molecule has 7 heteroatoms. The van der Waals surface area contributed by atoms with Gasteiger partial charge in [-0.2, -0.15) is 0 Å². The fourth-order valence-electron chi connectivity index (χ4n) is 3.23. The second-order valence-corrected chi connectivity index (χ2v) is 9.64. The van der Waals surface area contributed by atoms with Gasteiger partial charge in [0.1, 0.15) is 0 Å². The van der Waals surface area contributed by atoms with Crippen LogP contribution in [0.2, 0.25) is 0 Å². The van der Waals surface area contributed by atoms with Crippen molar-refractivity contribution < 1.29 is 9.90 Å². The minimum absolute atomic E-state index is 0.274. The van der Waals surface area contributed by atoms with E-state index in [0.717, 1.165) is 39.3 Å². The van der Waals surface area contributed by atoms with Crippen molar-refractivity contribution >= 4 is 13.7 Å². The van der Waals surface area contributed by atoms with Gasteiger partial charge in [-0.1, -0.05) is 0 Å². The topological polar surface area (TPSA) is 50.3 Å². The summed E-state index contributed by atoms with van der Waals surface area (Å²) >= 11 is 0. The van der Waals surface area contributed by atoms with Gasteiger partial charge in [0.15, 0.2) is 0 Å². The zero-order valence-corrected chi connectivity index (χ0v) is 12.6. The average molecular weight is 276 g/mol. The van der Waals surface area contributed by atoms with Crippen LogP contribution in [0.4, 0.5) is 0 Å². The number of fused-ring (bicyclic) bond motifs is 6. The van der Waals surface area contributed by atoms with Gasteiger partial charge >= 0.3 is 109 Å². The van der Waals surface area contributed by atoms with Crippen molar-refractivity contribution in [3.63, 3.8) is 0 Å². The van der Waals surface area contributed by atoms with Crippen LogP contribution in [0.15, 0.2) is 0 Å². The van der Waals surface area contributed by atoms with Crippen LogP contribution in [0, 0.1) is 0 Å². The number of carboxylic acid groups (broad SMARTS) is 1. The molecular formula is C11H25N4O2P. The van der Waals surface area contributed by atoms with Crippen LogP contribution in [-0.4, -0.2) is 96.6 Å². The second-order valence-electron chi connectivity index (χ2n) is 5.45. The Hall–Kier alpha value is -0.260. The van der Waals surface area contributed by atoms with E-state index in [9.17, 15) is 9.90 Å². The first-order valence-electron chi connectivity index (χ1n) is 6.54. The number of carboxylic acids is 1. The number of hydrogen-bond donors (Lipinski definition) is 1. The number of carbonyl (C=O) groups is 1. The van der Waals surface area contributed by atoms with E-state index in [1.54, 1.807) is 0 Å². The molecule has 0 aromatic heterocycles. The predicted molar refractivity (Wildman–Crippen MR) is 75.1 cm³/mol. The average Bonchev–Trinajstić information content (AvgIpc) is 2.30. The Morgan fingerprint density at radius 1 is 0.944 bits per heavy atom. The molecule has 3 aliphatic heterocycles. The molecule has 0 radical (unpaired) electrons. The number of likely N-dealkylation sites (N-methyl/N-ethyl adjacent to an activating group) is 3. The first-order chi connectivity index (χ1) is 8.46. The van der Waals surface area contributed by atoms with Crippen molar-refractivity contribution in [3.8, 4) is 0 Å². The number of nitrogens with zero attached hydrogens (tertiary/aromatic N) is 4. The van der Waals surface area contributed by atoms with E-state index in [1.807, 2.05) is 0 Å². The number of rotatable bonds is 2. The van der Waals surface area contributed by atoms with Crippen LogP contribution in [0.1, 0.15) is 0 Å². The molecule has 3 saturated heterocycles. The summed E-state index contributed by atoms with van der Waals surface area (Å²) in [6, 6.07) is 0. The molecule has 0 saturated carbocycles. The summed E-state index contributed by atoms with van der Waals surface area (Å²) in [4.78, 5) is 13.8. The standard InChI is InChI=1S/C11H25N4O2P/c1-12-4-7-15-8-5-13(2)18(12,10-11(16)17)14(3)6-9-15/h18H,4-10H2,1-3H3,(H,16,17). The zero-order chi connectivity index (χ0) is 13.3. The van der Waals surface area contributed by atoms with Crippen molar-refractivity contribution in [2.45, 2.75) is 0 Å². The molecule has 3 aliphatic rings. The van der Waals surface area contributed by atoms with E-state index >= 15 is 0 Å². The van der Waals surface area contributed by atoms with Crippen molar-refractivity contribution in [3.05, 3.63) is 0 Å². The summed E-state index contributed by atoms with van der Waals surface area (Å²) < 4.78 is 6.98. The quantitative estimate of drug-likeness (QED) is 0.698. The molecule has 0 aliphatic carbocycles. The minimum atomic E-state index is -2.23. The molecule has 0 spiro atoms. The van der Waals surface area contributed by atoms with Crippen LogP contribution < -0.4 is 0 Å². The Labute approximate surface area is 110 Å². The monoisotopic (exact) mass is 276 g/mol. The Morgan fingerprint density at radius 3 is 1.67 bits per heavy atom. The van der Waals surface area contributed by atoms with Gasteiger partial charge < -0.3 is 0 Å². The van der Waals surface area contributed by atoms with E-state index in [2.05, 4.69) is 40.1 Å². The van der Waals surface area contributed by atoms with E-state index in [1.165, 1.54) is 0 Å². The summed E-state index contributed by atoms with van der Waals surface area (Å²) in [6.45, 7) is 6.09. The Kier molecular flexibility index (Phi) is 4.24. The van der Waals surface area contributed by atoms with E-state index in [0.29, 0.717) is 0 Å². The third kappa shape index (κ3) is 2.40. The molecule has 0 aromatic rings. The van der Waals surface area contributed by atoms with Gasteiger partial charge in [-0.25, -0.2) is 0 Å². The number of aliphatic carboxylic acids is 1. The Balaban J connectivity index is 2.37. The van der Waals surface area contributed by atoms with Gasteiger partial charge in [0.05, 0.1) is 0 Å². The van der Waals surface area contributed by atoms with E-state index in [-0.39, 0.29) is 6.16 Å². The van der Waals surface area contributed by atoms with Crippen molar-refractivity contribution in [2.75, 3.05) is 66.6 Å². The molecule has 0 amide bonds. The Morgan fingerprint density at radius 2 is 1.33 bits per heavy atom. The van der Waals surface area contributed by atoms with Crippen molar-refractivity contribution in [2.24, 2.45) is 0 Å². The third-order valence-electron chi connectivity index (χ3n) is 4.48. The fourth-order valence-corrected chi connectivity index (χ4v) is 7.57. The van der Waals surface area contributed by atoms with Crippen molar-refractivity contribution in [1.29, 1.82) is 0 Å².